The molecule has 0 unspecified atom stereocenters. The van der Waals surface area contributed by atoms with Gasteiger partial charge in [-0.2, -0.15) is 0 Å². The lowest BCUT2D eigenvalue weighted by Gasteiger charge is -2.08. The zero-order valence-corrected chi connectivity index (χ0v) is 12.0. The highest BCUT2D eigenvalue weighted by Crippen LogP contribution is 2.29. The molecule has 0 spiro atoms. The Morgan fingerprint density at radius 2 is 1.85 bits per heavy atom. The van der Waals surface area contributed by atoms with E-state index in [0.717, 1.165) is 11.1 Å². The molecule has 20 heavy (non-hydrogen) atoms. The summed E-state index contributed by atoms with van der Waals surface area (Å²) in [5.41, 5.74) is 2.23. The Labute approximate surface area is 125 Å². The topological polar surface area (TPSA) is 25.8 Å². The second-order valence-corrected chi connectivity index (χ2v) is 5.23. The number of nitrogens with zero attached hydrogens (tertiary/aromatic N) is 2. The fraction of sp³-hybridized carbons (Fsp3) is 0.0667. The average molecular weight is 307 g/mol. The molecule has 0 atom stereocenters. The molecule has 0 aliphatic heterocycles. The molecule has 100 valence electrons. The maximum absolute atomic E-state index is 13.7. The average Bonchev–Trinajstić information content (AvgIpc) is 2.41. The molecule has 0 saturated carbocycles. The number of benzene rings is 2. The summed E-state index contributed by atoms with van der Waals surface area (Å²) in [5, 5.41) is 0.921. The molecule has 0 fully saturated rings. The third kappa shape index (κ3) is 2.23. The van der Waals surface area contributed by atoms with Gasteiger partial charge in [-0.15, -0.1) is 0 Å². The minimum atomic E-state index is -0.429. The lowest BCUT2D eigenvalue weighted by atomic mass is 10.1. The van der Waals surface area contributed by atoms with Crippen LogP contribution < -0.4 is 0 Å². The predicted molar refractivity (Wildman–Crippen MR) is 79.7 cm³/mol. The summed E-state index contributed by atoms with van der Waals surface area (Å²) in [6.45, 7) is 1.93. The molecule has 0 N–H and O–H groups in total. The van der Waals surface area contributed by atoms with Gasteiger partial charge in [-0.25, -0.2) is 14.4 Å². The Hall–Kier alpha value is -1.71. The van der Waals surface area contributed by atoms with E-state index in [-0.39, 0.29) is 10.5 Å². The van der Waals surface area contributed by atoms with E-state index in [9.17, 15) is 4.39 Å². The lowest BCUT2D eigenvalue weighted by molar-refractivity contribution is 0.639. The normalized spacial score (nSPS) is 11.0. The molecule has 5 heteroatoms. The van der Waals surface area contributed by atoms with Gasteiger partial charge in [0.25, 0.3) is 0 Å². The Kier molecular flexibility index (Phi) is 3.32. The highest BCUT2D eigenvalue weighted by Gasteiger charge is 2.13. The summed E-state index contributed by atoms with van der Waals surface area (Å²) in [4.78, 5) is 8.56. The molecule has 0 aliphatic rings. The molecule has 2 nitrogen and oxygen atoms in total. The van der Waals surface area contributed by atoms with Gasteiger partial charge in [-0.3, -0.25) is 0 Å². The summed E-state index contributed by atoms with van der Waals surface area (Å²) < 4.78 is 13.7. The van der Waals surface area contributed by atoms with E-state index >= 15 is 0 Å². The molecule has 2 aromatic carbocycles. The molecule has 0 radical (unpaired) electrons. The molecular formula is C15H9Cl2FN2. The van der Waals surface area contributed by atoms with Crippen molar-refractivity contribution in [3.63, 3.8) is 0 Å². The Bertz CT molecular complexity index is 818. The summed E-state index contributed by atoms with van der Waals surface area (Å²) in [5.74, 6) is 0.00923. The van der Waals surface area contributed by atoms with E-state index in [1.165, 1.54) is 6.07 Å². The van der Waals surface area contributed by atoms with Crippen LogP contribution in [0.3, 0.4) is 0 Å². The van der Waals surface area contributed by atoms with Crippen LogP contribution in [0.5, 0.6) is 0 Å². The van der Waals surface area contributed by atoms with Gasteiger partial charge < -0.3 is 0 Å². The van der Waals surface area contributed by atoms with Crippen LogP contribution in [-0.4, -0.2) is 9.97 Å². The first-order valence-corrected chi connectivity index (χ1v) is 6.70. The minimum absolute atomic E-state index is 0.0995. The van der Waals surface area contributed by atoms with Crippen LogP contribution in [0, 0.1) is 12.7 Å². The van der Waals surface area contributed by atoms with E-state index in [2.05, 4.69) is 9.97 Å². The predicted octanol–water partition coefficient (Wildman–Crippen LogP) is 5.05. The van der Waals surface area contributed by atoms with Crippen molar-refractivity contribution in [3.05, 3.63) is 58.0 Å². The molecule has 3 rings (SSSR count). The van der Waals surface area contributed by atoms with Crippen LogP contribution in [-0.2, 0) is 0 Å². The first-order chi connectivity index (χ1) is 9.56. The Morgan fingerprint density at radius 3 is 2.65 bits per heavy atom. The van der Waals surface area contributed by atoms with Crippen LogP contribution in [0.4, 0.5) is 4.39 Å². The molecule has 0 aliphatic carbocycles. The molecule has 1 aromatic heterocycles. The fourth-order valence-corrected chi connectivity index (χ4v) is 2.49. The SMILES string of the molecule is Cc1ccc(Cl)cc1-c1nc(Cl)c2c(F)cccc2n1. The monoisotopic (exact) mass is 306 g/mol. The van der Waals surface area contributed by atoms with Crippen molar-refractivity contribution >= 4 is 34.1 Å². The van der Waals surface area contributed by atoms with Gasteiger partial charge in [0.15, 0.2) is 5.82 Å². The van der Waals surface area contributed by atoms with E-state index in [1.54, 1.807) is 24.3 Å². The van der Waals surface area contributed by atoms with E-state index < -0.39 is 5.82 Å². The first kappa shape index (κ1) is 13.3. The van der Waals surface area contributed by atoms with Crippen molar-refractivity contribution < 1.29 is 4.39 Å². The van der Waals surface area contributed by atoms with Crippen molar-refractivity contribution in [1.82, 2.24) is 9.97 Å². The van der Waals surface area contributed by atoms with Crippen LogP contribution in [0.15, 0.2) is 36.4 Å². The third-order valence-corrected chi connectivity index (χ3v) is 3.58. The van der Waals surface area contributed by atoms with Crippen molar-refractivity contribution in [2.75, 3.05) is 0 Å². The summed E-state index contributed by atoms with van der Waals surface area (Å²) in [6, 6.07) is 10.1. The van der Waals surface area contributed by atoms with Crippen molar-refractivity contribution in [3.8, 4) is 11.4 Å². The van der Waals surface area contributed by atoms with Crippen molar-refractivity contribution in [1.29, 1.82) is 0 Å². The van der Waals surface area contributed by atoms with E-state index in [1.807, 2.05) is 13.0 Å². The Morgan fingerprint density at radius 1 is 1.05 bits per heavy atom. The van der Waals surface area contributed by atoms with Gasteiger partial charge in [0.2, 0.25) is 0 Å². The molecular weight excluding hydrogens is 298 g/mol. The zero-order chi connectivity index (χ0) is 14.3. The molecule has 3 aromatic rings. The molecule has 0 bridgehead atoms. The summed E-state index contributed by atoms with van der Waals surface area (Å²) >= 11 is 12.1. The summed E-state index contributed by atoms with van der Waals surface area (Å²) in [6.07, 6.45) is 0. The Balaban J connectivity index is 2.30. The number of aryl methyl sites for hydroxylation is 1. The molecule has 0 saturated heterocycles. The molecule has 1 heterocycles. The van der Waals surface area contributed by atoms with Crippen LogP contribution in [0.25, 0.3) is 22.3 Å². The number of halogens is 3. The highest BCUT2D eigenvalue weighted by atomic mass is 35.5. The molecule has 0 amide bonds. The van der Waals surface area contributed by atoms with Gasteiger partial charge >= 0.3 is 0 Å². The van der Waals surface area contributed by atoms with Crippen molar-refractivity contribution in [2.45, 2.75) is 6.92 Å². The standard InChI is InChI=1S/C15H9Cl2FN2/c1-8-5-6-9(16)7-10(8)15-19-12-4-2-3-11(18)13(12)14(17)20-15/h2-7H,1H3. The first-order valence-electron chi connectivity index (χ1n) is 5.94. The van der Waals surface area contributed by atoms with Gasteiger partial charge in [-0.05, 0) is 36.8 Å². The third-order valence-electron chi connectivity index (χ3n) is 3.07. The van der Waals surface area contributed by atoms with Gasteiger partial charge in [0, 0.05) is 10.6 Å². The second kappa shape index (κ2) is 5.00. The van der Waals surface area contributed by atoms with Crippen LogP contribution in [0.1, 0.15) is 5.56 Å². The highest BCUT2D eigenvalue weighted by molar-refractivity contribution is 6.34. The maximum Gasteiger partial charge on any atom is 0.161 e. The number of fused-ring (bicyclic) bond motifs is 1. The number of rotatable bonds is 1. The van der Waals surface area contributed by atoms with E-state index in [4.69, 9.17) is 23.2 Å². The number of aromatic nitrogens is 2. The van der Waals surface area contributed by atoms with Crippen LogP contribution >= 0.6 is 23.2 Å². The largest absolute Gasteiger partial charge is 0.228 e. The summed E-state index contributed by atoms with van der Waals surface area (Å²) in [7, 11) is 0. The smallest absolute Gasteiger partial charge is 0.161 e. The van der Waals surface area contributed by atoms with Gasteiger partial charge in [0.1, 0.15) is 11.0 Å². The number of hydrogen-bond acceptors (Lipinski definition) is 2. The van der Waals surface area contributed by atoms with E-state index in [0.29, 0.717) is 16.4 Å². The van der Waals surface area contributed by atoms with Crippen molar-refractivity contribution in [2.24, 2.45) is 0 Å². The zero-order valence-electron chi connectivity index (χ0n) is 10.5. The lowest BCUT2D eigenvalue weighted by Crippen LogP contribution is -1.95. The quantitative estimate of drug-likeness (QED) is 0.588. The van der Waals surface area contributed by atoms with Crippen LogP contribution in [0.2, 0.25) is 10.2 Å². The number of hydrogen-bond donors (Lipinski definition) is 0. The van der Waals surface area contributed by atoms with Gasteiger partial charge in [0.05, 0.1) is 10.9 Å². The minimum Gasteiger partial charge on any atom is -0.228 e. The second-order valence-electron chi connectivity index (χ2n) is 4.43. The fourth-order valence-electron chi connectivity index (χ4n) is 2.05. The maximum atomic E-state index is 13.7. The van der Waals surface area contributed by atoms with Gasteiger partial charge in [-0.1, -0.05) is 35.3 Å².